The SMILES string of the molecule is C1CCC(NC2CCCCC2)CC1.C1CCC(NC2CCCCC2)CC1.Cc1nn(-c2ccc(S(=O)(=O)[O-])cc2)c([O-])c1N=Nc1ccccc1C(=O)[O-].Cc1nn(-c2ccc(S(=O)(=O)[O-])cc2)c([O-])c1N=Nc1ccccc1C(=O)[O-].[Cr+3].[H+].[H+].[H+]. The van der Waals surface area contributed by atoms with Crippen molar-refractivity contribution in [2.45, 2.75) is 176 Å². The Labute approximate surface area is 499 Å². The number of nitrogens with zero attached hydrogens (tertiary/aromatic N) is 8. The molecule has 10 rings (SSSR count). The number of carbonyl (C=O) groups excluding carboxylic acids is 2. The first-order valence-corrected chi connectivity index (χ1v) is 30.7. The standard InChI is InChI=1S/2C17H14N4O6S.2C12H23N.Cr/c2*1-10-15(19-18-14-5-3-2-4-13(14)17(23)24)16(22)21(20-10)11-6-8-12(9-7-11)28(25,26)27;2*1-3-7-11(8-4-1)13-12-9-5-2-6-10-12;/h2*2-9,22H,1H3,(H,23,24)(H,25,26,27);2*11-13H,1-10H2;/q;;;;+3/p-3. The van der Waals surface area contributed by atoms with Gasteiger partial charge in [-0.25, -0.2) is 26.2 Å². The molecule has 0 aliphatic heterocycles. The molecule has 0 atom stereocenters. The third-order valence-electron chi connectivity index (χ3n) is 14.8. The van der Waals surface area contributed by atoms with E-state index >= 15 is 0 Å². The Morgan fingerprint density at radius 3 is 1.01 bits per heavy atom. The van der Waals surface area contributed by atoms with Crippen LogP contribution in [0.3, 0.4) is 0 Å². The van der Waals surface area contributed by atoms with Gasteiger partial charge >= 0.3 is 21.6 Å². The number of aromatic carboxylic acids is 2. The van der Waals surface area contributed by atoms with E-state index < -0.39 is 53.7 Å². The number of rotatable bonds is 14. The number of hydrogen-bond acceptors (Lipinski definition) is 20. The molecule has 4 aliphatic rings. The van der Waals surface area contributed by atoms with Gasteiger partial charge < -0.3 is 49.8 Å². The molecular formula is C58H71CrN10O12S2. The van der Waals surface area contributed by atoms with Gasteiger partial charge in [-0.3, -0.25) is 0 Å². The number of benzene rings is 4. The molecule has 2 N–H and O–H groups in total. The summed E-state index contributed by atoms with van der Waals surface area (Å²) in [6, 6.07) is 24.3. The molecule has 2 aromatic heterocycles. The van der Waals surface area contributed by atoms with E-state index in [0.717, 1.165) is 57.8 Å². The van der Waals surface area contributed by atoms with Crippen molar-refractivity contribution in [3.05, 3.63) is 120 Å². The summed E-state index contributed by atoms with van der Waals surface area (Å²) in [6.45, 7) is 3.01. The quantitative estimate of drug-likeness (QED) is 0.0760. The van der Waals surface area contributed by atoms with Crippen LogP contribution >= 0.6 is 0 Å². The van der Waals surface area contributed by atoms with Crippen LogP contribution in [0, 0.1) is 13.8 Å². The van der Waals surface area contributed by atoms with Gasteiger partial charge in [0.15, 0.2) is 0 Å². The van der Waals surface area contributed by atoms with Gasteiger partial charge in [0.05, 0.1) is 55.9 Å². The number of azo groups is 2. The summed E-state index contributed by atoms with van der Waals surface area (Å²) in [6.07, 6.45) is 29.1. The van der Waals surface area contributed by atoms with Gasteiger partial charge in [0.25, 0.3) is 0 Å². The number of carbonyl (C=O) groups is 2. The molecule has 4 aromatic carbocycles. The molecule has 0 saturated heterocycles. The summed E-state index contributed by atoms with van der Waals surface area (Å²) in [7, 11) is -9.22. The molecule has 4 saturated carbocycles. The second kappa shape index (κ2) is 31.3. The predicted octanol–water partition coefficient (Wildman–Crippen LogP) is 8.69. The van der Waals surface area contributed by atoms with Gasteiger partial charge in [-0.2, -0.15) is 10.2 Å². The van der Waals surface area contributed by atoms with Gasteiger partial charge in [0.1, 0.15) is 31.6 Å². The summed E-state index contributed by atoms with van der Waals surface area (Å²) < 4.78 is 67.9. The molecule has 25 heteroatoms. The molecule has 1 radical (unpaired) electrons. The molecule has 83 heavy (non-hydrogen) atoms. The number of nitrogens with one attached hydrogen (secondary N) is 2. The molecule has 0 spiro atoms. The third-order valence-corrected chi connectivity index (χ3v) is 16.5. The Morgan fingerprint density at radius 1 is 0.470 bits per heavy atom. The maximum Gasteiger partial charge on any atom is 3.00 e. The summed E-state index contributed by atoms with van der Waals surface area (Å²) in [4.78, 5) is 21.3. The summed E-state index contributed by atoms with van der Waals surface area (Å²) in [5.41, 5.74) is 0.311. The van der Waals surface area contributed by atoms with Crippen LogP contribution in [0.15, 0.2) is 127 Å². The molecule has 2 heterocycles. The minimum absolute atomic E-state index is 0. The fraction of sp³-hybridized carbons (Fsp3) is 0.448. The Kier molecular flexibility index (Phi) is 24.7. The number of hydrogen-bond donors (Lipinski definition) is 2. The minimum Gasteiger partial charge on any atom is -0.857 e. The summed E-state index contributed by atoms with van der Waals surface area (Å²) in [5.74, 6) is -4.16. The van der Waals surface area contributed by atoms with Crippen LogP contribution in [0.2, 0.25) is 0 Å². The molecule has 4 aliphatic carbocycles. The van der Waals surface area contributed by atoms with Crippen molar-refractivity contribution in [3.8, 4) is 23.1 Å². The van der Waals surface area contributed by atoms with Crippen LogP contribution in [0.4, 0.5) is 22.7 Å². The van der Waals surface area contributed by atoms with Crippen molar-refractivity contribution in [2.75, 3.05) is 0 Å². The van der Waals surface area contributed by atoms with Crippen LogP contribution in [0.1, 0.15) is 165 Å². The molecule has 0 amide bonds. The summed E-state index contributed by atoms with van der Waals surface area (Å²) >= 11 is 0. The fourth-order valence-electron chi connectivity index (χ4n) is 10.5. The number of aryl methyl sites for hydroxylation is 2. The molecule has 443 valence electrons. The first-order valence-electron chi connectivity index (χ1n) is 27.9. The van der Waals surface area contributed by atoms with Gasteiger partial charge in [0.2, 0.25) is 0 Å². The normalized spacial score (nSPS) is 16.6. The first kappa shape index (κ1) is 65.5. The van der Waals surface area contributed by atoms with Crippen molar-refractivity contribution in [3.63, 3.8) is 0 Å². The fourth-order valence-corrected chi connectivity index (χ4v) is 11.4. The second-order valence-corrected chi connectivity index (χ2v) is 23.6. The Bertz CT molecular complexity index is 3130. The van der Waals surface area contributed by atoms with Gasteiger partial charge in [0, 0.05) is 47.1 Å². The molecule has 6 aromatic rings. The number of carboxylic acid groups (broad SMARTS) is 2. The third kappa shape index (κ3) is 19.2. The zero-order valence-electron chi connectivity index (χ0n) is 49.4. The maximum atomic E-state index is 12.6. The van der Waals surface area contributed by atoms with Crippen molar-refractivity contribution >= 4 is 54.9 Å². The van der Waals surface area contributed by atoms with Crippen LogP contribution in [-0.4, -0.2) is 81.6 Å². The van der Waals surface area contributed by atoms with E-state index in [0.29, 0.717) is 0 Å². The van der Waals surface area contributed by atoms with Gasteiger partial charge in [-0.15, -0.1) is 20.5 Å². The second-order valence-electron chi connectivity index (χ2n) is 20.9. The van der Waals surface area contributed by atoms with Crippen LogP contribution in [0.5, 0.6) is 11.8 Å². The average Bonchev–Trinajstić information content (AvgIpc) is 3.67. The molecule has 4 fully saturated rings. The smallest absolute Gasteiger partial charge is 0.857 e. The zero-order valence-corrected chi connectivity index (χ0v) is 49.3. The Morgan fingerprint density at radius 2 is 0.747 bits per heavy atom. The molecule has 0 unspecified atom stereocenters. The van der Waals surface area contributed by atoms with Gasteiger partial charge in [-0.1, -0.05) is 113 Å². The van der Waals surface area contributed by atoms with Crippen molar-refractivity contribution < 1.29 is 77.6 Å². The first-order chi connectivity index (χ1) is 39.3. The van der Waals surface area contributed by atoms with E-state index in [2.05, 4.69) is 41.3 Å². The predicted molar refractivity (Wildman–Crippen MR) is 298 cm³/mol. The van der Waals surface area contributed by atoms with E-state index in [1.165, 1.54) is 203 Å². The van der Waals surface area contributed by atoms with Crippen molar-refractivity contribution in [1.29, 1.82) is 0 Å². The number of aromatic nitrogens is 4. The van der Waals surface area contributed by atoms with E-state index in [1.54, 1.807) is 12.1 Å². The molecule has 22 nitrogen and oxygen atoms in total. The topological polar surface area (TPSA) is 350 Å². The number of carboxylic acids is 2. The summed E-state index contributed by atoms with van der Waals surface area (Å²) in [5, 5.41) is 78.3. The van der Waals surface area contributed by atoms with E-state index in [9.17, 15) is 56.0 Å². The van der Waals surface area contributed by atoms with Crippen LogP contribution in [-0.2, 0) is 37.6 Å². The largest absolute Gasteiger partial charge is 3.00 e. The molecule has 0 bridgehead atoms. The van der Waals surface area contributed by atoms with Crippen molar-refractivity contribution in [2.24, 2.45) is 20.5 Å². The minimum atomic E-state index is -4.61. The average molecular weight is 1220 g/mol. The Hall–Kier alpha value is -6.69. The van der Waals surface area contributed by atoms with Gasteiger partial charge in [-0.05, 0) is 126 Å². The van der Waals surface area contributed by atoms with Crippen molar-refractivity contribution in [1.82, 2.24) is 30.2 Å². The maximum absolute atomic E-state index is 12.6. The Balaban J connectivity index is 0.000000312. The molecular weight excluding hydrogens is 1140 g/mol. The monoisotopic (exact) mass is 1220 g/mol. The van der Waals surface area contributed by atoms with Crippen LogP contribution < -0.4 is 31.1 Å². The zero-order chi connectivity index (χ0) is 58.8. The van der Waals surface area contributed by atoms with Crippen LogP contribution in [0.25, 0.3) is 11.4 Å². The van der Waals surface area contributed by atoms with E-state index in [1.807, 2.05) is 0 Å². The van der Waals surface area contributed by atoms with E-state index in [4.69, 9.17) is 0 Å². The van der Waals surface area contributed by atoms with E-state index in [-0.39, 0.29) is 78.3 Å².